The molecule has 0 saturated carbocycles. The Morgan fingerprint density at radius 2 is 2.47 bits per heavy atom. The summed E-state index contributed by atoms with van der Waals surface area (Å²) >= 11 is 1.20. The van der Waals surface area contributed by atoms with Crippen molar-refractivity contribution in [2.24, 2.45) is 0 Å². The molecule has 0 unspecified atom stereocenters. The van der Waals surface area contributed by atoms with Crippen LogP contribution < -0.4 is 5.32 Å². The standard InChI is InChI=1S/C10H12FNO2S/c1-2-14-10(13)9-8(11)6-3-4-12-5-7(6)15-9/h12H,2-5H2,1H3. The molecule has 15 heavy (non-hydrogen) atoms. The molecule has 1 aliphatic rings. The van der Waals surface area contributed by atoms with Gasteiger partial charge in [0.15, 0.2) is 5.82 Å². The van der Waals surface area contributed by atoms with Crippen molar-refractivity contribution in [2.45, 2.75) is 19.9 Å². The summed E-state index contributed by atoms with van der Waals surface area (Å²) < 4.78 is 18.6. The summed E-state index contributed by atoms with van der Waals surface area (Å²) in [5.41, 5.74) is 0.682. The fraction of sp³-hybridized carbons (Fsp3) is 0.500. The number of rotatable bonds is 2. The molecule has 0 spiro atoms. The second-order valence-electron chi connectivity index (χ2n) is 3.29. The van der Waals surface area contributed by atoms with E-state index in [0.29, 0.717) is 18.5 Å². The SMILES string of the molecule is CCOC(=O)c1sc2c(c1F)CCNC2. The zero-order chi connectivity index (χ0) is 10.8. The zero-order valence-corrected chi connectivity index (χ0v) is 9.25. The number of thiophene rings is 1. The fourth-order valence-electron chi connectivity index (χ4n) is 1.62. The molecule has 2 rings (SSSR count). The van der Waals surface area contributed by atoms with E-state index in [9.17, 15) is 9.18 Å². The van der Waals surface area contributed by atoms with Crippen molar-refractivity contribution in [2.75, 3.05) is 13.2 Å². The highest BCUT2D eigenvalue weighted by Gasteiger charge is 2.25. The third kappa shape index (κ3) is 1.89. The number of ether oxygens (including phenoxy) is 1. The second kappa shape index (κ2) is 4.28. The predicted octanol–water partition coefficient (Wildman–Crippen LogP) is 1.71. The molecule has 0 aromatic carbocycles. The minimum atomic E-state index is -0.547. The van der Waals surface area contributed by atoms with Crippen LogP contribution in [-0.4, -0.2) is 19.1 Å². The van der Waals surface area contributed by atoms with E-state index < -0.39 is 5.97 Å². The molecule has 0 bridgehead atoms. The van der Waals surface area contributed by atoms with Crippen LogP contribution in [0.5, 0.6) is 0 Å². The van der Waals surface area contributed by atoms with Crippen molar-refractivity contribution in [1.82, 2.24) is 5.32 Å². The Morgan fingerprint density at radius 1 is 1.67 bits per heavy atom. The highest BCUT2D eigenvalue weighted by Crippen LogP contribution is 2.29. The second-order valence-corrected chi connectivity index (χ2v) is 4.40. The van der Waals surface area contributed by atoms with Crippen LogP contribution in [0.15, 0.2) is 0 Å². The number of halogens is 1. The van der Waals surface area contributed by atoms with E-state index in [0.717, 1.165) is 11.4 Å². The van der Waals surface area contributed by atoms with Crippen molar-refractivity contribution in [1.29, 1.82) is 0 Å². The van der Waals surface area contributed by atoms with Crippen LogP contribution in [0.3, 0.4) is 0 Å². The van der Waals surface area contributed by atoms with Crippen molar-refractivity contribution >= 4 is 17.3 Å². The molecule has 3 nitrogen and oxygen atoms in total. The molecule has 1 aromatic rings. The van der Waals surface area contributed by atoms with Gasteiger partial charge in [0.1, 0.15) is 4.88 Å². The van der Waals surface area contributed by atoms with Gasteiger partial charge in [0, 0.05) is 17.0 Å². The Balaban J connectivity index is 2.32. The first kappa shape index (κ1) is 10.6. The summed E-state index contributed by atoms with van der Waals surface area (Å²) in [6.45, 7) is 3.41. The fourth-order valence-corrected chi connectivity index (χ4v) is 2.71. The number of carbonyl (C=O) groups is 1. The van der Waals surface area contributed by atoms with E-state index >= 15 is 0 Å². The number of fused-ring (bicyclic) bond motifs is 1. The highest BCUT2D eigenvalue weighted by atomic mass is 32.1. The van der Waals surface area contributed by atoms with E-state index in [1.54, 1.807) is 6.92 Å². The van der Waals surface area contributed by atoms with Gasteiger partial charge in [-0.3, -0.25) is 0 Å². The van der Waals surface area contributed by atoms with Gasteiger partial charge in [0.2, 0.25) is 0 Å². The van der Waals surface area contributed by atoms with Gasteiger partial charge < -0.3 is 10.1 Å². The minimum Gasteiger partial charge on any atom is -0.462 e. The molecule has 0 atom stereocenters. The lowest BCUT2D eigenvalue weighted by Gasteiger charge is -2.11. The normalized spacial score (nSPS) is 14.8. The topological polar surface area (TPSA) is 38.3 Å². The number of nitrogens with one attached hydrogen (secondary N) is 1. The highest BCUT2D eigenvalue weighted by molar-refractivity contribution is 7.14. The van der Waals surface area contributed by atoms with Crippen LogP contribution in [0.2, 0.25) is 0 Å². The van der Waals surface area contributed by atoms with E-state index in [4.69, 9.17) is 4.74 Å². The Kier molecular flexibility index (Phi) is 3.02. The van der Waals surface area contributed by atoms with Crippen LogP contribution in [0.1, 0.15) is 27.0 Å². The average Bonchev–Trinajstić information content (AvgIpc) is 2.57. The average molecular weight is 229 g/mol. The molecule has 0 fully saturated rings. The first-order valence-electron chi connectivity index (χ1n) is 4.92. The van der Waals surface area contributed by atoms with E-state index in [2.05, 4.69) is 5.32 Å². The van der Waals surface area contributed by atoms with Crippen LogP contribution in [0.25, 0.3) is 0 Å². The summed E-state index contributed by atoms with van der Waals surface area (Å²) in [6.07, 6.45) is 0.650. The molecule has 5 heteroatoms. The lowest BCUT2D eigenvalue weighted by molar-refractivity contribution is 0.0527. The van der Waals surface area contributed by atoms with Crippen molar-refractivity contribution in [3.8, 4) is 0 Å². The molecule has 1 aliphatic heterocycles. The van der Waals surface area contributed by atoms with Gasteiger partial charge in [-0.05, 0) is 19.9 Å². The molecule has 0 radical (unpaired) electrons. The maximum atomic E-state index is 13.8. The maximum Gasteiger partial charge on any atom is 0.351 e. The third-order valence-corrected chi connectivity index (χ3v) is 3.51. The van der Waals surface area contributed by atoms with Gasteiger partial charge in [-0.15, -0.1) is 11.3 Å². The molecule has 1 aromatic heterocycles. The molecule has 82 valence electrons. The molecular formula is C10H12FNO2S. The Morgan fingerprint density at radius 3 is 3.13 bits per heavy atom. The number of hydrogen-bond acceptors (Lipinski definition) is 4. The molecule has 2 heterocycles. The lowest BCUT2D eigenvalue weighted by Crippen LogP contribution is -2.22. The largest absolute Gasteiger partial charge is 0.462 e. The summed E-state index contributed by atoms with van der Waals surface area (Å²) in [6, 6.07) is 0. The smallest absolute Gasteiger partial charge is 0.351 e. The van der Waals surface area contributed by atoms with Gasteiger partial charge in [-0.1, -0.05) is 0 Å². The van der Waals surface area contributed by atoms with Crippen LogP contribution in [0.4, 0.5) is 4.39 Å². The van der Waals surface area contributed by atoms with Crippen molar-refractivity contribution in [3.63, 3.8) is 0 Å². The molecule has 0 amide bonds. The van der Waals surface area contributed by atoms with Gasteiger partial charge >= 0.3 is 5.97 Å². The van der Waals surface area contributed by atoms with Gasteiger partial charge in [0.25, 0.3) is 0 Å². The van der Waals surface area contributed by atoms with Crippen LogP contribution >= 0.6 is 11.3 Å². The van der Waals surface area contributed by atoms with Crippen LogP contribution in [-0.2, 0) is 17.7 Å². The Hall–Kier alpha value is -0.940. The van der Waals surface area contributed by atoms with Crippen molar-refractivity contribution in [3.05, 3.63) is 21.1 Å². The van der Waals surface area contributed by atoms with Gasteiger partial charge in [0.05, 0.1) is 6.61 Å². The lowest BCUT2D eigenvalue weighted by atomic mass is 10.1. The number of esters is 1. The third-order valence-electron chi connectivity index (χ3n) is 2.32. The predicted molar refractivity (Wildman–Crippen MR) is 55.6 cm³/mol. The van der Waals surface area contributed by atoms with Gasteiger partial charge in [-0.25, -0.2) is 9.18 Å². The first-order valence-corrected chi connectivity index (χ1v) is 5.73. The molecule has 0 aliphatic carbocycles. The molecular weight excluding hydrogens is 217 g/mol. The maximum absolute atomic E-state index is 13.8. The quantitative estimate of drug-likeness (QED) is 0.785. The van der Waals surface area contributed by atoms with Gasteiger partial charge in [-0.2, -0.15) is 0 Å². The molecule has 1 N–H and O–H groups in total. The summed E-state index contributed by atoms with van der Waals surface area (Å²) in [5, 5.41) is 3.14. The molecule has 0 saturated heterocycles. The van der Waals surface area contributed by atoms with Crippen LogP contribution in [0, 0.1) is 5.82 Å². The Bertz CT molecular complexity index is 389. The minimum absolute atomic E-state index is 0.116. The summed E-state index contributed by atoms with van der Waals surface area (Å²) in [5.74, 6) is -0.927. The zero-order valence-electron chi connectivity index (χ0n) is 8.43. The number of hydrogen-bond donors (Lipinski definition) is 1. The van der Waals surface area contributed by atoms with E-state index in [1.807, 2.05) is 0 Å². The summed E-state index contributed by atoms with van der Waals surface area (Å²) in [4.78, 5) is 12.4. The number of carbonyl (C=O) groups excluding carboxylic acids is 1. The van der Waals surface area contributed by atoms with E-state index in [-0.39, 0.29) is 17.3 Å². The summed E-state index contributed by atoms with van der Waals surface area (Å²) in [7, 11) is 0. The first-order chi connectivity index (χ1) is 7.24. The van der Waals surface area contributed by atoms with Crippen molar-refractivity contribution < 1.29 is 13.9 Å². The van der Waals surface area contributed by atoms with E-state index in [1.165, 1.54) is 11.3 Å². The monoisotopic (exact) mass is 229 g/mol. The Labute approximate surface area is 91.2 Å².